The molecular weight excluding hydrogens is 327 g/mol. The number of hydrogen-bond acceptors (Lipinski definition) is 5. The van der Waals surface area contributed by atoms with Crippen molar-refractivity contribution in [2.24, 2.45) is 0 Å². The van der Waals surface area contributed by atoms with E-state index in [9.17, 15) is 23.1 Å². The summed E-state index contributed by atoms with van der Waals surface area (Å²) in [6.07, 6.45) is -3.63. The van der Waals surface area contributed by atoms with Gasteiger partial charge in [-0.2, -0.15) is 13.2 Å². The highest BCUT2D eigenvalue weighted by atomic mass is 19.4. The summed E-state index contributed by atoms with van der Waals surface area (Å²) in [5, 5.41) is 9.36. The van der Waals surface area contributed by atoms with E-state index in [2.05, 4.69) is 14.6 Å². The number of nitrogens with zero attached hydrogens (tertiary/aromatic N) is 3. The number of aromatic nitrogens is 1. The average Bonchev–Trinajstić information content (AvgIpc) is 2.52. The fraction of sp³-hybridized carbons (Fsp3) is 0.600. The van der Waals surface area contributed by atoms with E-state index in [1.807, 2.05) is 0 Å². The number of pyridine rings is 1. The number of halogens is 3. The number of amides is 1. The molecule has 0 radical (unpaired) electrons. The van der Waals surface area contributed by atoms with Gasteiger partial charge in [0.1, 0.15) is 0 Å². The fourth-order valence-electron chi connectivity index (χ4n) is 2.44. The number of hydrogen-bond donors (Lipinski definition) is 1. The summed E-state index contributed by atoms with van der Waals surface area (Å²) in [5.41, 5.74) is 0.304. The van der Waals surface area contributed by atoms with E-state index in [1.54, 1.807) is 11.8 Å². The monoisotopic (exact) mass is 347 g/mol. The topological polar surface area (TPSA) is 65.9 Å². The molecule has 1 aromatic heterocycles. The smallest absolute Gasteiger partial charge is 0.422 e. The van der Waals surface area contributed by atoms with Crippen molar-refractivity contribution in [3.05, 3.63) is 23.9 Å². The first-order chi connectivity index (χ1) is 11.2. The zero-order valence-electron chi connectivity index (χ0n) is 13.3. The van der Waals surface area contributed by atoms with Crippen LogP contribution in [-0.2, 0) is 0 Å². The van der Waals surface area contributed by atoms with Crippen LogP contribution in [0, 0.1) is 0 Å². The van der Waals surface area contributed by atoms with E-state index in [-0.39, 0.29) is 11.8 Å². The number of carbonyl (C=O) groups is 1. The molecule has 1 N–H and O–H groups in total. The van der Waals surface area contributed by atoms with Crippen LogP contribution < -0.4 is 4.74 Å². The molecule has 134 valence electrons. The van der Waals surface area contributed by atoms with Crippen molar-refractivity contribution in [3.8, 4) is 5.88 Å². The quantitative estimate of drug-likeness (QED) is 0.866. The number of piperazine rings is 1. The Morgan fingerprint density at radius 3 is 2.50 bits per heavy atom. The molecule has 2 rings (SSSR count). The lowest BCUT2D eigenvalue weighted by molar-refractivity contribution is -0.154. The fourth-order valence-corrected chi connectivity index (χ4v) is 2.44. The standard InChI is InChI=1S/C15H20F3N3O3/c1-11(22)9-20-4-6-21(7-5-20)14(23)12-2-3-13(19-8-12)24-10-15(16,17)18/h2-3,8,11,22H,4-7,9-10H2,1H3/t11-/m1/s1. The first-order valence-electron chi connectivity index (χ1n) is 7.60. The molecule has 1 atom stereocenters. The van der Waals surface area contributed by atoms with Crippen molar-refractivity contribution in [2.75, 3.05) is 39.3 Å². The SMILES string of the molecule is C[C@@H](O)CN1CCN(C(=O)c2ccc(OCC(F)(F)F)nc2)CC1. The van der Waals surface area contributed by atoms with Gasteiger partial charge in [-0.3, -0.25) is 9.69 Å². The number of ether oxygens (including phenoxy) is 1. The summed E-state index contributed by atoms with van der Waals surface area (Å²) >= 11 is 0. The minimum Gasteiger partial charge on any atom is -0.468 e. The average molecular weight is 347 g/mol. The molecule has 1 saturated heterocycles. The van der Waals surface area contributed by atoms with Gasteiger partial charge in [-0.15, -0.1) is 0 Å². The Morgan fingerprint density at radius 1 is 1.33 bits per heavy atom. The van der Waals surface area contributed by atoms with Crippen molar-refractivity contribution >= 4 is 5.91 Å². The van der Waals surface area contributed by atoms with E-state index in [1.165, 1.54) is 18.3 Å². The van der Waals surface area contributed by atoms with Gasteiger partial charge in [0.25, 0.3) is 5.91 Å². The van der Waals surface area contributed by atoms with E-state index < -0.39 is 18.9 Å². The molecule has 0 bridgehead atoms. The van der Waals surface area contributed by atoms with E-state index in [0.717, 1.165) is 0 Å². The van der Waals surface area contributed by atoms with Crippen LogP contribution in [0.5, 0.6) is 5.88 Å². The minimum absolute atomic E-state index is 0.175. The zero-order valence-corrected chi connectivity index (χ0v) is 13.3. The maximum absolute atomic E-state index is 12.4. The maximum Gasteiger partial charge on any atom is 0.422 e. The highest BCUT2D eigenvalue weighted by Gasteiger charge is 2.29. The van der Waals surface area contributed by atoms with Crippen LogP contribution in [0.4, 0.5) is 13.2 Å². The summed E-state index contributed by atoms with van der Waals surface area (Å²) < 4.78 is 40.7. The Kier molecular flexibility index (Phi) is 6.00. The molecule has 1 amide bonds. The molecule has 1 fully saturated rings. The lowest BCUT2D eigenvalue weighted by Crippen LogP contribution is -2.50. The Morgan fingerprint density at radius 2 is 2.00 bits per heavy atom. The summed E-state index contributed by atoms with van der Waals surface area (Å²) in [6.45, 7) is 3.24. The first-order valence-corrected chi connectivity index (χ1v) is 7.60. The molecule has 1 aliphatic heterocycles. The van der Waals surface area contributed by atoms with Crippen molar-refractivity contribution < 1.29 is 27.8 Å². The van der Waals surface area contributed by atoms with Crippen LogP contribution in [0.15, 0.2) is 18.3 Å². The molecule has 9 heteroatoms. The molecule has 0 aromatic carbocycles. The predicted molar refractivity (Wildman–Crippen MR) is 79.8 cm³/mol. The Hall–Kier alpha value is -1.87. The second-order valence-electron chi connectivity index (χ2n) is 5.73. The molecule has 0 spiro atoms. The van der Waals surface area contributed by atoms with E-state index in [4.69, 9.17) is 0 Å². The normalized spacial score (nSPS) is 17.6. The maximum atomic E-state index is 12.4. The molecule has 1 aromatic rings. The van der Waals surface area contributed by atoms with E-state index >= 15 is 0 Å². The third kappa shape index (κ3) is 5.64. The van der Waals surface area contributed by atoms with Gasteiger partial charge in [-0.25, -0.2) is 4.98 Å². The molecule has 24 heavy (non-hydrogen) atoms. The highest BCUT2D eigenvalue weighted by molar-refractivity contribution is 5.94. The first kappa shape index (κ1) is 18.5. The number of aliphatic hydroxyl groups excluding tert-OH is 1. The second kappa shape index (κ2) is 7.80. The molecule has 0 aliphatic carbocycles. The van der Waals surface area contributed by atoms with Crippen LogP contribution in [0.3, 0.4) is 0 Å². The zero-order chi connectivity index (χ0) is 17.7. The molecular formula is C15H20F3N3O3. The number of β-amino-alcohol motifs (C(OH)–C–C–N with tert-alkyl or cyclic N) is 1. The van der Waals surface area contributed by atoms with E-state index in [0.29, 0.717) is 38.3 Å². The number of carbonyl (C=O) groups excluding carboxylic acids is 1. The van der Waals surface area contributed by atoms with Gasteiger partial charge in [0.2, 0.25) is 5.88 Å². The summed E-state index contributed by atoms with van der Waals surface area (Å²) in [4.78, 5) is 19.8. The third-order valence-corrected chi connectivity index (χ3v) is 3.55. The van der Waals surface area contributed by atoms with Gasteiger partial charge in [0, 0.05) is 45.0 Å². The Balaban J connectivity index is 1.87. The summed E-state index contributed by atoms with van der Waals surface area (Å²) in [7, 11) is 0. The number of aliphatic hydroxyl groups is 1. The van der Waals surface area contributed by atoms with Crippen molar-refractivity contribution in [1.82, 2.24) is 14.8 Å². The van der Waals surface area contributed by atoms with Crippen LogP contribution in [0.2, 0.25) is 0 Å². The van der Waals surface area contributed by atoms with Crippen LogP contribution in [0.25, 0.3) is 0 Å². The largest absolute Gasteiger partial charge is 0.468 e. The molecule has 0 saturated carbocycles. The Bertz CT molecular complexity index is 541. The summed E-state index contributed by atoms with van der Waals surface area (Å²) in [6, 6.07) is 2.66. The lowest BCUT2D eigenvalue weighted by atomic mass is 10.2. The van der Waals surface area contributed by atoms with Gasteiger partial charge in [0.15, 0.2) is 6.61 Å². The van der Waals surface area contributed by atoms with Gasteiger partial charge in [0.05, 0.1) is 11.7 Å². The third-order valence-electron chi connectivity index (χ3n) is 3.55. The van der Waals surface area contributed by atoms with Crippen molar-refractivity contribution in [3.63, 3.8) is 0 Å². The second-order valence-corrected chi connectivity index (χ2v) is 5.73. The number of alkyl halides is 3. The van der Waals surface area contributed by atoms with Crippen LogP contribution in [-0.4, -0.2) is 77.4 Å². The number of rotatable bonds is 5. The summed E-state index contributed by atoms with van der Waals surface area (Å²) in [5.74, 6) is -0.396. The predicted octanol–water partition coefficient (Wildman–Crippen LogP) is 1.16. The van der Waals surface area contributed by atoms with Crippen LogP contribution >= 0.6 is 0 Å². The van der Waals surface area contributed by atoms with Crippen molar-refractivity contribution in [1.29, 1.82) is 0 Å². The van der Waals surface area contributed by atoms with Crippen LogP contribution in [0.1, 0.15) is 17.3 Å². The molecule has 2 heterocycles. The highest BCUT2D eigenvalue weighted by Crippen LogP contribution is 2.17. The van der Waals surface area contributed by atoms with Crippen molar-refractivity contribution in [2.45, 2.75) is 19.2 Å². The minimum atomic E-state index is -4.43. The van der Waals surface area contributed by atoms with Gasteiger partial charge < -0.3 is 14.7 Å². The molecule has 0 unspecified atom stereocenters. The van der Waals surface area contributed by atoms with Gasteiger partial charge >= 0.3 is 6.18 Å². The van der Waals surface area contributed by atoms with Gasteiger partial charge in [-0.1, -0.05) is 0 Å². The van der Waals surface area contributed by atoms with Gasteiger partial charge in [-0.05, 0) is 13.0 Å². The molecule has 6 nitrogen and oxygen atoms in total. The Labute approximate surface area is 137 Å². The molecule has 1 aliphatic rings. The lowest BCUT2D eigenvalue weighted by Gasteiger charge is -2.35.